The van der Waals surface area contributed by atoms with E-state index in [-0.39, 0.29) is 17.6 Å². The third kappa shape index (κ3) is 7.26. The second-order valence-corrected chi connectivity index (χ2v) is 9.82. The van der Waals surface area contributed by atoms with Crippen LogP contribution >= 0.6 is 35.0 Å². The van der Waals surface area contributed by atoms with Gasteiger partial charge in [-0.05, 0) is 35.7 Å². The third-order valence-electron chi connectivity index (χ3n) is 5.52. The van der Waals surface area contributed by atoms with Gasteiger partial charge in [0.05, 0.1) is 5.75 Å². The molecule has 0 radical (unpaired) electrons. The minimum absolute atomic E-state index is 0.113. The highest BCUT2D eigenvalue weighted by molar-refractivity contribution is 7.99. The van der Waals surface area contributed by atoms with Gasteiger partial charge in [0.1, 0.15) is 6.04 Å². The van der Waals surface area contributed by atoms with E-state index in [1.807, 2.05) is 61.5 Å². The molecule has 3 aromatic carbocycles. The van der Waals surface area contributed by atoms with Crippen LogP contribution in [0.5, 0.6) is 0 Å². The first-order valence-electron chi connectivity index (χ1n) is 11.0. The summed E-state index contributed by atoms with van der Waals surface area (Å²) in [5.41, 5.74) is 3.91. The summed E-state index contributed by atoms with van der Waals surface area (Å²) in [6.07, 6.45) is 0.430. The van der Waals surface area contributed by atoms with E-state index >= 15 is 0 Å². The maximum absolute atomic E-state index is 13.5. The fraction of sp³-hybridized carbons (Fsp3) is 0.259. The van der Waals surface area contributed by atoms with E-state index in [0.29, 0.717) is 28.8 Å². The van der Waals surface area contributed by atoms with Gasteiger partial charge in [0.25, 0.3) is 0 Å². The molecule has 4 nitrogen and oxygen atoms in total. The Bertz CT molecular complexity index is 1090. The number of amides is 2. The highest BCUT2D eigenvalue weighted by Gasteiger charge is 2.29. The second-order valence-electron chi connectivity index (χ2n) is 8.02. The zero-order valence-electron chi connectivity index (χ0n) is 19.3. The fourth-order valence-corrected chi connectivity index (χ4v) is 5.25. The Balaban J connectivity index is 1.82. The number of benzene rings is 3. The van der Waals surface area contributed by atoms with Gasteiger partial charge in [0.2, 0.25) is 11.8 Å². The van der Waals surface area contributed by atoms with Gasteiger partial charge in [0.15, 0.2) is 0 Å². The van der Waals surface area contributed by atoms with Gasteiger partial charge in [0, 0.05) is 35.8 Å². The molecule has 0 fully saturated rings. The number of carbonyl (C=O) groups excluding carboxylic acids is 2. The highest BCUT2D eigenvalue weighted by atomic mass is 35.5. The molecule has 3 aromatic rings. The number of thioether (sulfide) groups is 1. The zero-order chi connectivity index (χ0) is 24.5. The number of rotatable bonds is 10. The number of nitrogens with one attached hydrogen (secondary N) is 1. The first-order valence-corrected chi connectivity index (χ1v) is 12.9. The lowest BCUT2D eigenvalue weighted by Crippen LogP contribution is -2.50. The predicted octanol–water partition coefficient (Wildman–Crippen LogP) is 5.92. The van der Waals surface area contributed by atoms with Crippen molar-refractivity contribution in [1.29, 1.82) is 0 Å². The number of hydrogen-bond acceptors (Lipinski definition) is 3. The molecular weight excluding hydrogens is 487 g/mol. The minimum atomic E-state index is -0.634. The van der Waals surface area contributed by atoms with Crippen molar-refractivity contribution in [3.63, 3.8) is 0 Å². The van der Waals surface area contributed by atoms with Crippen LogP contribution in [-0.2, 0) is 28.3 Å². The molecule has 0 bridgehead atoms. The molecule has 0 aromatic heterocycles. The molecule has 0 aliphatic heterocycles. The van der Waals surface area contributed by atoms with Crippen LogP contribution in [0.2, 0.25) is 10.0 Å². The Morgan fingerprint density at radius 1 is 0.912 bits per heavy atom. The lowest BCUT2D eigenvalue weighted by Gasteiger charge is -2.31. The van der Waals surface area contributed by atoms with Crippen LogP contribution in [0.25, 0.3) is 0 Å². The largest absolute Gasteiger partial charge is 0.357 e. The molecule has 178 valence electrons. The number of hydrogen-bond donors (Lipinski definition) is 1. The van der Waals surface area contributed by atoms with Crippen LogP contribution < -0.4 is 5.32 Å². The summed E-state index contributed by atoms with van der Waals surface area (Å²) >= 11 is 14.0. The average molecular weight is 516 g/mol. The summed E-state index contributed by atoms with van der Waals surface area (Å²) in [6.45, 7) is 2.36. The summed E-state index contributed by atoms with van der Waals surface area (Å²) in [4.78, 5) is 28.1. The molecule has 34 heavy (non-hydrogen) atoms. The van der Waals surface area contributed by atoms with Crippen LogP contribution in [0.4, 0.5) is 0 Å². The molecule has 0 aliphatic rings. The first kappa shape index (κ1) is 26.1. The van der Waals surface area contributed by atoms with E-state index < -0.39 is 6.04 Å². The van der Waals surface area contributed by atoms with Crippen LogP contribution in [-0.4, -0.2) is 35.6 Å². The maximum atomic E-state index is 13.5. The average Bonchev–Trinajstić information content (AvgIpc) is 2.84. The summed E-state index contributed by atoms with van der Waals surface area (Å²) in [5, 5.41) is 3.90. The Morgan fingerprint density at radius 3 is 2.18 bits per heavy atom. The summed E-state index contributed by atoms with van der Waals surface area (Å²) in [5.74, 6) is 0.406. The zero-order valence-corrected chi connectivity index (χ0v) is 21.6. The van der Waals surface area contributed by atoms with E-state index in [1.165, 1.54) is 11.8 Å². The molecule has 2 amide bonds. The standard InChI is InChI=1S/C27H28Cl2N2O2S/c1-19-11-13-21(14-12-19)16-31(25(27(33)30-2)15-20-7-4-3-5-8-20)26(32)18-34-17-22-23(28)9-6-10-24(22)29/h3-14,25H,15-18H2,1-2H3,(H,30,33). The van der Waals surface area contributed by atoms with E-state index in [1.54, 1.807) is 30.1 Å². The molecule has 7 heteroatoms. The molecule has 0 saturated heterocycles. The SMILES string of the molecule is CNC(=O)C(Cc1ccccc1)N(Cc1ccc(C)cc1)C(=O)CSCc1c(Cl)cccc1Cl. The van der Waals surface area contributed by atoms with Crippen molar-refractivity contribution in [3.8, 4) is 0 Å². The van der Waals surface area contributed by atoms with E-state index in [0.717, 1.165) is 22.3 Å². The number of likely N-dealkylation sites (N-methyl/N-ethyl adjacent to an activating group) is 1. The van der Waals surface area contributed by atoms with Gasteiger partial charge in [-0.3, -0.25) is 9.59 Å². The molecule has 1 unspecified atom stereocenters. The molecule has 1 N–H and O–H groups in total. The Labute approximate surface area is 215 Å². The van der Waals surface area contributed by atoms with Crippen LogP contribution in [0.1, 0.15) is 22.3 Å². The second kappa shape index (κ2) is 12.8. The molecule has 3 rings (SSSR count). The van der Waals surface area contributed by atoms with Gasteiger partial charge in [-0.2, -0.15) is 0 Å². The predicted molar refractivity (Wildman–Crippen MR) is 142 cm³/mol. The minimum Gasteiger partial charge on any atom is -0.357 e. The number of aryl methyl sites for hydroxylation is 1. The van der Waals surface area contributed by atoms with Crippen molar-refractivity contribution in [2.75, 3.05) is 12.8 Å². The van der Waals surface area contributed by atoms with Gasteiger partial charge in [-0.15, -0.1) is 11.8 Å². The summed E-state index contributed by atoms with van der Waals surface area (Å²) < 4.78 is 0. The quantitative estimate of drug-likeness (QED) is 0.365. The Kier molecular flexibility index (Phi) is 9.87. The molecule has 0 saturated carbocycles. The van der Waals surface area contributed by atoms with Crippen molar-refractivity contribution in [2.45, 2.75) is 31.7 Å². The Morgan fingerprint density at radius 2 is 1.56 bits per heavy atom. The normalized spacial score (nSPS) is 11.6. The Hall–Kier alpha value is -2.47. The van der Waals surface area contributed by atoms with Crippen LogP contribution in [0.3, 0.4) is 0 Å². The number of carbonyl (C=O) groups is 2. The first-order chi connectivity index (χ1) is 16.4. The fourth-order valence-electron chi connectivity index (χ4n) is 3.60. The van der Waals surface area contributed by atoms with Gasteiger partial charge < -0.3 is 10.2 Å². The molecule has 0 aliphatic carbocycles. The lowest BCUT2D eigenvalue weighted by molar-refractivity contribution is -0.139. The van der Waals surface area contributed by atoms with E-state index in [9.17, 15) is 9.59 Å². The topological polar surface area (TPSA) is 49.4 Å². The third-order valence-corrected chi connectivity index (χ3v) is 7.18. The van der Waals surface area contributed by atoms with Gasteiger partial charge >= 0.3 is 0 Å². The van der Waals surface area contributed by atoms with Crippen molar-refractivity contribution in [1.82, 2.24) is 10.2 Å². The molecule has 1 atom stereocenters. The van der Waals surface area contributed by atoms with Crippen molar-refractivity contribution >= 4 is 46.8 Å². The lowest BCUT2D eigenvalue weighted by atomic mass is 10.0. The monoisotopic (exact) mass is 514 g/mol. The van der Waals surface area contributed by atoms with Crippen LogP contribution in [0, 0.1) is 6.92 Å². The molecular formula is C27H28Cl2N2O2S. The number of halogens is 2. The smallest absolute Gasteiger partial charge is 0.242 e. The van der Waals surface area contributed by atoms with E-state index in [4.69, 9.17) is 23.2 Å². The molecule has 0 heterocycles. The van der Waals surface area contributed by atoms with Crippen molar-refractivity contribution < 1.29 is 9.59 Å². The van der Waals surface area contributed by atoms with Crippen LogP contribution in [0.15, 0.2) is 72.8 Å². The summed E-state index contributed by atoms with van der Waals surface area (Å²) in [6, 6.07) is 22.5. The highest BCUT2D eigenvalue weighted by Crippen LogP contribution is 2.28. The molecule has 0 spiro atoms. The van der Waals surface area contributed by atoms with Crippen molar-refractivity contribution in [2.24, 2.45) is 0 Å². The summed E-state index contributed by atoms with van der Waals surface area (Å²) in [7, 11) is 1.60. The van der Waals surface area contributed by atoms with Gasteiger partial charge in [-0.25, -0.2) is 0 Å². The van der Waals surface area contributed by atoms with Gasteiger partial charge in [-0.1, -0.05) is 89.4 Å². The van der Waals surface area contributed by atoms with E-state index in [2.05, 4.69) is 5.32 Å². The maximum Gasteiger partial charge on any atom is 0.242 e. The number of nitrogens with zero attached hydrogens (tertiary/aromatic N) is 1. The van der Waals surface area contributed by atoms with Crippen molar-refractivity contribution in [3.05, 3.63) is 105 Å².